The van der Waals surface area contributed by atoms with Crippen LogP contribution >= 0.6 is 11.8 Å². The number of hydrogen-bond acceptors (Lipinski definition) is 4. The lowest BCUT2D eigenvalue weighted by Gasteiger charge is -2.23. The van der Waals surface area contributed by atoms with Gasteiger partial charge in [-0.1, -0.05) is 18.2 Å². The Morgan fingerprint density at radius 2 is 2.10 bits per heavy atom. The number of rotatable bonds is 6. The normalized spacial score (nSPS) is 21.5. The maximum Gasteiger partial charge on any atom is 0.313 e. The highest BCUT2D eigenvalue weighted by Crippen LogP contribution is 2.32. The fourth-order valence-electron chi connectivity index (χ4n) is 2.47. The van der Waals surface area contributed by atoms with E-state index < -0.39 is 11.4 Å². The number of likely N-dealkylation sites (tertiary alicyclic amines) is 1. The number of amides is 1. The molecule has 0 aliphatic carbocycles. The van der Waals surface area contributed by atoms with Gasteiger partial charge in [0, 0.05) is 25.1 Å². The van der Waals surface area contributed by atoms with Crippen molar-refractivity contribution in [2.24, 2.45) is 5.41 Å². The molecule has 0 spiro atoms. The van der Waals surface area contributed by atoms with E-state index in [1.807, 2.05) is 30.3 Å². The van der Waals surface area contributed by atoms with E-state index in [1.165, 1.54) is 18.9 Å². The van der Waals surface area contributed by atoms with Gasteiger partial charge in [0.05, 0.1) is 12.4 Å². The van der Waals surface area contributed by atoms with Crippen LogP contribution in [0.5, 0.6) is 0 Å². The minimum atomic E-state index is -0.957. The molecule has 21 heavy (non-hydrogen) atoms. The van der Waals surface area contributed by atoms with Gasteiger partial charge in [0.15, 0.2) is 0 Å². The van der Waals surface area contributed by atoms with Crippen LogP contribution in [0.1, 0.15) is 6.42 Å². The van der Waals surface area contributed by atoms with Gasteiger partial charge < -0.3 is 14.7 Å². The van der Waals surface area contributed by atoms with E-state index in [4.69, 9.17) is 4.74 Å². The van der Waals surface area contributed by atoms with Crippen molar-refractivity contribution in [1.82, 2.24) is 4.90 Å². The Bertz CT molecular complexity index is 508. The van der Waals surface area contributed by atoms with Crippen LogP contribution in [0, 0.1) is 5.41 Å². The lowest BCUT2D eigenvalue weighted by molar-refractivity contribution is -0.151. The molecule has 0 radical (unpaired) electrons. The largest absolute Gasteiger partial charge is 0.481 e. The van der Waals surface area contributed by atoms with Crippen molar-refractivity contribution in [3.05, 3.63) is 30.3 Å². The number of hydrogen-bond donors (Lipinski definition) is 1. The smallest absolute Gasteiger partial charge is 0.313 e. The van der Waals surface area contributed by atoms with E-state index in [9.17, 15) is 14.7 Å². The minimum absolute atomic E-state index is 0.0249. The second kappa shape index (κ2) is 6.95. The number of methoxy groups -OCH3 is 1. The van der Waals surface area contributed by atoms with Crippen LogP contribution in [-0.2, 0) is 14.3 Å². The molecule has 0 saturated carbocycles. The number of nitrogens with zero attached hydrogens (tertiary/aromatic N) is 1. The number of carboxylic acids is 1. The summed E-state index contributed by atoms with van der Waals surface area (Å²) in [5, 5.41) is 9.38. The first-order valence-electron chi connectivity index (χ1n) is 6.75. The Morgan fingerprint density at radius 3 is 2.71 bits per heavy atom. The molecular formula is C15H19NO4S. The molecule has 0 aromatic heterocycles. The molecule has 1 aromatic carbocycles. The van der Waals surface area contributed by atoms with Crippen molar-refractivity contribution < 1.29 is 19.4 Å². The van der Waals surface area contributed by atoms with Crippen molar-refractivity contribution in [3.63, 3.8) is 0 Å². The summed E-state index contributed by atoms with van der Waals surface area (Å²) in [5.41, 5.74) is -0.957. The average Bonchev–Trinajstić information content (AvgIpc) is 2.92. The van der Waals surface area contributed by atoms with Crippen LogP contribution in [0.4, 0.5) is 0 Å². The van der Waals surface area contributed by atoms with Crippen LogP contribution in [-0.4, -0.2) is 54.4 Å². The second-order valence-electron chi connectivity index (χ2n) is 5.19. The summed E-state index contributed by atoms with van der Waals surface area (Å²) in [6, 6.07) is 9.69. The fourth-order valence-corrected chi connectivity index (χ4v) is 3.29. The van der Waals surface area contributed by atoms with Gasteiger partial charge in [-0.2, -0.15) is 0 Å². The van der Waals surface area contributed by atoms with Gasteiger partial charge in [-0.15, -0.1) is 11.8 Å². The zero-order valence-electron chi connectivity index (χ0n) is 11.9. The van der Waals surface area contributed by atoms with Crippen LogP contribution in [0.25, 0.3) is 0 Å². The summed E-state index contributed by atoms with van der Waals surface area (Å²) in [7, 11) is 1.49. The summed E-state index contributed by atoms with van der Waals surface area (Å²) < 4.78 is 5.02. The third kappa shape index (κ3) is 3.77. The fraction of sp³-hybridized carbons (Fsp3) is 0.467. The van der Waals surface area contributed by atoms with Crippen LogP contribution in [0.3, 0.4) is 0 Å². The Labute approximate surface area is 128 Å². The third-order valence-corrected chi connectivity index (χ3v) is 4.68. The standard InChI is InChI=1S/C15H19NO4S/c1-20-11-15(14(18)19)7-8-16(10-15)13(17)9-21-12-5-3-2-4-6-12/h2-6H,7-11H2,1H3,(H,18,19). The van der Waals surface area contributed by atoms with E-state index in [2.05, 4.69) is 0 Å². The molecule has 5 nitrogen and oxygen atoms in total. The molecule has 1 aromatic rings. The molecule has 1 unspecified atom stereocenters. The third-order valence-electron chi connectivity index (χ3n) is 3.69. The Morgan fingerprint density at radius 1 is 1.38 bits per heavy atom. The molecule has 1 aliphatic heterocycles. The summed E-state index contributed by atoms with van der Waals surface area (Å²) >= 11 is 1.47. The number of thioether (sulfide) groups is 1. The second-order valence-corrected chi connectivity index (χ2v) is 6.23. The van der Waals surface area contributed by atoms with E-state index in [-0.39, 0.29) is 19.1 Å². The highest BCUT2D eigenvalue weighted by atomic mass is 32.2. The first-order valence-corrected chi connectivity index (χ1v) is 7.74. The molecule has 1 aliphatic rings. The zero-order chi connectivity index (χ0) is 15.3. The van der Waals surface area contributed by atoms with Crippen molar-refractivity contribution in [2.75, 3.05) is 32.6 Å². The van der Waals surface area contributed by atoms with Gasteiger partial charge in [-0.25, -0.2) is 0 Å². The molecule has 1 N–H and O–H groups in total. The Kier molecular flexibility index (Phi) is 5.25. The first kappa shape index (κ1) is 15.9. The molecule has 6 heteroatoms. The topological polar surface area (TPSA) is 66.8 Å². The number of carboxylic acid groups (broad SMARTS) is 1. The van der Waals surface area contributed by atoms with Gasteiger partial charge in [0.25, 0.3) is 0 Å². The molecule has 1 heterocycles. The molecular weight excluding hydrogens is 290 g/mol. The van der Waals surface area contributed by atoms with E-state index in [0.717, 1.165) is 4.90 Å². The first-order chi connectivity index (χ1) is 10.1. The lowest BCUT2D eigenvalue weighted by Crippen LogP contribution is -2.40. The van der Waals surface area contributed by atoms with Crippen molar-refractivity contribution in [1.29, 1.82) is 0 Å². The highest BCUT2D eigenvalue weighted by molar-refractivity contribution is 8.00. The SMILES string of the molecule is COCC1(C(=O)O)CCN(C(=O)CSc2ccccc2)C1. The lowest BCUT2D eigenvalue weighted by atomic mass is 9.88. The van der Waals surface area contributed by atoms with Gasteiger partial charge >= 0.3 is 5.97 Å². The Balaban J connectivity index is 1.91. The molecule has 1 amide bonds. The molecule has 114 valence electrons. The number of aliphatic carboxylic acids is 1. The van der Waals surface area contributed by atoms with Crippen LogP contribution < -0.4 is 0 Å². The summed E-state index contributed by atoms with van der Waals surface area (Å²) in [4.78, 5) is 26.3. The highest BCUT2D eigenvalue weighted by Gasteiger charge is 2.46. The zero-order valence-corrected chi connectivity index (χ0v) is 12.8. The van der Waals surface area contributed by atoms with Crippen LogP contribution in [0.15, 0.2) is 35.2 Å². The summed E-state index contributed by atoms with van der Waals surface area (Å²) in [5.74, 6) is -0.592. The average molecular weight is 309 g/mol. The number of carbonyl (C=O) groups excluding carboxylic acids is 1. The quantitative estimate of drug-likeness (QED) is 0.811. The maximum atomic E-state index is 12.2. The molecule has 2 rings (SSSR count). The van der Waals surface area contributed by atoms with Crippen LogP contribution in [0.2, 0.25) is 0 Å². The van der Waals surface area contributed by atoms with Gasteiger partial charge in [0.2, 0.25) is 5.91 Å². The molecule has 1 fully saturated rings. The van der Waals surface area contributed by atoms with Crippen molar-refractivity contribution >= 4 is 23.6 Å². The minimum Gasteiger partial charge on any atom is -0.481 e. The molecule has 1 saturated heterocycles. The van der Waals surface area contributed by atoms with E-state index in [1.54, 1.807) is 4.90 Å². The molecule has 0 bridgehead atoms. The monoisotopic (exact) mass is 309 g/mol. The Hall–Kier alpha value is -1.53. The maximum absolute atomic E-state index is 12.2. The molecule has 1 atom stereocenters. The summed E-state index contributed by atoms with van der Waals surface area (Å²) in [6.45, 7) is 0.839. The number of benzene rings is 1. The van der Waals surface area contributed by atoms with E-state index >= 15 is 0 Å². The number of ether oxygens (including phenoxy) is 1. The number of carbonyl (C=O) groups is 2. The predicted molar refractivity (Wildman–Crippen MR) is 80.3 cm³/mol. The summed E-state index contributed by atoms with van der Waals surface area (Å²) in [6.07, 6.45) is 0.442. The van der Waals surface area contributed by atoms with Gasteiger partial charge in [-0.3, -0.25) is 9.59 Å². The predicted octanol–water partition coefficient (Wildman–Crippen LogP) is 1.73. The van der Waals surface area contributed by atoms with Crippen molar-refractivity contribution in [3.8, 4) is 0 Å². The van der Waals surface area contributed by atoms with Gasteiger partial charge in [-0.05, 0) is 18.6 Å². The van der Waals surface area contributed by atoms with Gasteiger partial charge in [0.1, 0.15) is 5.41 Å². The van der Waals surface area contributed by atoms with Crippen molar-refractivity contribution in [2.45, 2.75) is 11.3 Å². The van der Waals surface area contributed by atoms with E-state index in [0.29, 0.717) is 18.7 Å².